The van der Waals surface area contributed by atoms with Crippen LogP contribution in [0.5, 0.6) is 0 Å². The molecule has 1 aromatic rings. The minimum Gasteiger partial charge on any atom is -0.465 e. The van der Waals surface area contributed by atoms with E-state index in [0.717, 1.165) is 56.9 Å². The molecule has 4 fully saturated rings. The first kappa shape index (κ1) is 70.8. The molecule has 0 spiro atoms. The summed E-state index contributed by atoms with van der Waals surface area (Å²) in [5.41, 5.74) is 1.05. The van der Waals surface area contributed by atoms with E-state index in [9.17, 15) is 9.59 Å². The highest BCUT2D eigenvalue weighted by Crippen LogP contribution is 2.63. The van der Waals surface area contributed by atoms with Crippen LogP contribution in [0.4, 0.5) is 0 Å². The molecular weight excluding hydrogens is 1010 g/mol. The van der Waals surface area contributed by atoms with Gasteiger partial charge in [-0.3, -0.25) is 29.2 Å². The van der Waals surface area contributed by atoms with Gasteiger partial charge >= 0.3 is 11.9 Å². The monoisotopic (exact) mass is 1140 g/mol. The molecule has 0 radical (unpaired) electrons. The van der Waals surface area contributed by atoms with Crippen LogP contribution in [-0.4, -0.2) is 117 Å². The lowest BCUT2D eigenvalue weighted by Crippen LogP contribution is -2.69. The van der Waals surface area contributed by atoms with Gasteiger partial charge in [0.15, 0.2) is 5.92 Å². The van der Waals surface area contributed by atoms with Gasteiger partial charge in [-0.05, 0) is 283 Å². The van der Waals surface area contributed by atoms with Crippen molar-refractivity contribution in [1.29, 1.82) is 0 Å². The number of esters is 2. The standard InChI is InChI=1S/C74H134N4O4/c1-63(2,3)57-53(45-67(13,14)75(29)71(57,21)22)50(54-46-68(15,16)76(30)72(23,24)58(54)64(4,5)6)40-36-42-81-61(79)52(44-49-38-34-33-35-39-49)62(80)82-43-37-41-51(55-47-69(17,18)77(31)73(25,26)59(55)65(7,8)9)56-48-70(19,20)78(32)74(27,28)60(56)66(10,11)12/h33-35,38-39,50-60H,36-37,40-48H2,1-32H3. The molecule has 0 aromatic heterocycles. The third-order valence-electron chi connectivity index (χ3n) is 24.4. The van der Waals surface area contributed by atoms with Crippen LogP contribution in [0.2, 0.25) is 0 Å². The number of carbonyl (C=O) groups excluding carboxylic acids is 2. The Labute approximate surface area is 508 Å². The van der Waals surface area contributed by atoms with Gasteiger partial charge in [-0.25, -0.2) is 0 Å². The van der Waals surface area contributed by atoms with Crippen molar-refractivity contribution in [1.82, 2.24) is 19.6 Å². The number of hydrogen-bond acceptors (Lipinski definition) is 8. The highest BCUT2D eigenvalue weighted by Gasteiger charge is 2.63. The second-order valence-corrected chi connectivity index (χ2v) is 37.1. The number of carbonyl (C=O) groups is 2. The first-order chi connectivity index (χ1) is 36.7. The van der Waals surface area contributed by atoms with Crippen LogP contribution in [0.25, 0.3) is 0 Å². The van der Waals surface area contributed by atoms with Gasteiger partial charge < -0.3 is 9.47 Å². The van der Waals surface area contributed by atoms with Gasteiger partial charge in [0, 0.05) is 44.3 Å². The van der Waals surface area contributed by atoms with Crippen molar-refractivity contribution in [2.75, 3.05) is 41.4 Å². The zero-order chi connectivity index (χ0) is 63.1. The van der Waals surface area contributed by atoms with Crippen LogP contribution in [-0.2, 0) is 25.5 Å². The molecule has 8 nitrogen and oxygen atoms in total. The van der Waals surface area contributed by atoms with E-state index in [4.69, 9.17) is 9.47 Å². The van der Waals surface area contributed by atoms with Crippen LogP contribution >= 0.6 is 0 Å². The molecule has 8 unspecified atom stereocenters. The van der Waals surface area contributed by atoms with E-state index in [-0.39, 0.29) is 85.6 Å². The van der Waals surface area contributed by atoms with Crippen LogP contribution < -0.4 is 0 Å². The Morgan fingerprint density at radius 1 is 0.427 bits per heavy atom. The number of piperidine rings is 4. The third-order valence-corrected chi connectivity index (χ3v) is 24.4. The maximum absolute atomic E-state index is 14.8. The Kier molecular flexibility index (Phi) is 20.6. The predicted molar refractivity (Wildman–Crippen MR) is 349 cm³/mol. The van der Waals surface area contributed by atoms with Crippen molar-refractivity contribution >= 4 is 11.9 Å². The van der Waals surface area contributed by atoms with Gasteiger partial charge in [0.1, 0.15) is 0 Å². The predicted octanol–water partition coefficient (Wildman–Crippen LogP) is 17.4. The van der Waals surface area contributed by atoms with Gasteiger partial charge in [0.2, 0.25) is 0 Å². The van der Waals surface area contributed by atoms with E-state index in [0.29, 0.717) is 59.2 Å². The molecule has 0 amide bonds. The van der Waals surface area contributed by atoms with Crippen molar-refractivity contribution in [2.24, 2.45) is 86.8 Å². The molecule has 0 bridgehead atoms. The highest BCUT2D eigenvalue weighted by atomic mass is 16.6. The maximum Gasteiger partial charge on any atom is 0.320 e. The molecule has 0 saturated carbocycles. The summed E-state index contributed by atoms with van der Waals surface area (Å²) in [5, 5.41) is 0. The SMILES string of the molecule is CN1C(C)(C)CC(C(CCCOC(=O)C(Cc2ccccc2)C(=O)OCCCC(C2CC(C)(C)N(C)C(C)(C)C2C(C)(C)C)C2CC(C)(C)N(C)C(C)(C)C2C(C)(C)C)C2CC(C)(C)N(C)C(C)(C)C2C(C)(C)C)C(C(C)(C)C)C1(C)C. The normalized spacial score (nSPS) is 31.6. The Morgan fingerprint density at radius 2 is 0.659 bits per heavy atom. The van der Waals surface area contributed by atoms with Gasteiger partial charge in [0.05, 0.1) is 13.2 Å². The Bertz CT molecular complexity index is 2040. The first-order valence-electron chi connectivity index (χ1n) is 33.1. The number of nitrogens with zero attached hydrogens (tertiary/aromatic N) is 4. The Morgan fingerprint density at radius 3 is 0.878 bits per heavy atom. The zero-order valence-electron chi connectivity index (χ0n) is 59.9. The van der Waals surface area contributed by atoms with Crippen molar-refractivity contribution in [3.8, 4) is 0 Å². The van der Waals surface area contributed by atoms with E-state index in [1.807, 2.05) is 30.3 Å². The minimum atomic E-state index is -1.04. The fourth-order valence-electron chi connectivity index (χ4n) is 21.6. The van der Waals surface area contributed by atoms with Crippen molar-refractivity contribution in [3.05, 3.63) is 35.9 Å². The topological polar surface area (TPSA) is 65.6 Å². The summed E-state index contributed by atoms with van der Waals surface area (Å²) in [7, 11) is 9.43. The largest absolute Gasteiger partial charge is 0.465 e. The van der Waals surface area contributed by atoms with E-state index < -0.39 is 17.9 Å². The van der Waals surface area contributed by atoms with E-state index in [1.165, 1.54) is 0 Å². The van der Waals surface area contributed by atoms with Crippen molar-refractivity contribution in [3.63, 3.8) is 0 Å². The molecule has 0 aliphatic carbocycles. The van der Waals surface area contributed by atoms with E-state index in [1.54, 1.807) is 0 Å². The lowest BCUT2D eigenvalue weighted by atomic mass is 9.48. The van der Waals surface area contributed by atoms with Gasteiger partial charge in [-0.2, -0.15) is 0 Å². The first-order valence-corrected chi connectivity index (χ1v) is 33.1. The molecule has 4 saturated heterocycles. The summed E-state index contributed by atoms with van der Waals surface area (Å²) in [6.45, 7) is 70.0. The quantitative estimate of drug-likeness (QED) is 0.0922. The molecule has 4 aliphatic heterocycles. The zero-order valence-corrected chi connectivity index (χ0v) is 59.9. The molecule has 82 heavy (non-hydrogen) atoms. The molecule has 4 aliphatic rings. The summed E-state index contributed by atoms with van der Waals surface area (Å²) in [6.07, 6.45) is 8.15. The highest BCUT2D eigenvalue weighted by molar-refractivity contribution is 5.95. The molecule has 1 aromatic carbocycles. The number of hydrogen-bond donors (Lipinski definition) is 0. The molecule has 8 atom stereocenters. The molecule has 0 N–H and O–H groups in total. The summed E-state index contributed by atoms with van der Waals surface area (Å²) in [6, 6.07) is 10.00. The van der Waals surface area contributed by atoms with E-state index >= 15 is 0 Å². The van der Waals surface area contributed by atoms with Gasteiger partial charge in [0.25, 0.3) is 0 Å². The molecule has 5 rings (SSSR count). The Hall–Kier alpha value is -2.00. The number of benzene rings is 1. The molecule has 474 valence electrons. The molecule has 8 heteroatoms. The molecule has 4 heterocycles. The summed E-state index contributed by atoms with van der Waals surface area (Å²) >= 11 is 0. The number of rotatable bonds is 16. The Balaban J connectivity index is 1.47. The summed E-state index contributed by atoms with van der Waals surface area (Å²) < 4.78 is 12.9. The van der Waals surface area contributed by atoms with Crippen LogP contribution in [0.3, 0.4) is 0 Å². The lowest BCUT2D eigenvalue weighted by Gasteiger charge is -2.67. The van der Waals surface area contributed by atoms with Crippen LogP contribution in [0.15, 0.2) is 30.3 Å². The number of likely N-dealkylation sites (tertiary alicyclic amines) is 4. The summed E-state index contributed by atoms with van der Waals surface area (Å²) in [4.78, 5) is 40.3. The van der Waals surface area contributed by atoms with Crippen molar-refractivity contribution in [2.45, 2.75) is 296 Å². The number of ether oxygens (including phenoxy) is 2. The maximum atomic E-state index is 14.8. The fraction of sp³-hybridized carbons (Fsp3) is 0.892. The third kappa shape index (κ3) is 14.3. The smallest absolute Gasteiger partial charge is 0.320 e. The van der Waals surface area contributed by atoms with E-state index in [2.05, 4.69) is 242 Å². The molecular formula is C74H134N4O4. The van der Waals surface area contributed by atoms with Crippen LogP contribution in [0.1, 0.15) is 251 Å². The fourth-order valence-corrected chi connectivity index (χ4v) is 21.6. The van der Waals surface area contributed by atoms with Gasteiger partial charge in [-0.15, -0.1) is 0 Å². The lowest BCUT2D eigenvalue weighted by molar-refractivity contribution is -0.173. The van der Waals surface area contributed by atoms with Crippen molar-refractivity contribution < 1.29 is 19.1 Å². The second-order valence-electron chi connectivity index (χ2n) is 37.1. The average molecular weight is 1140 g/mol. The van der Waals surface area contributed by atoms with Gasteiger partial charge in [-0.1, -0.05) is 113 Å². The minimum absolute atomic E-state index is 0.00541. The second kappa shape index (κ2) is 23.8. The van der Waals surface area contributed by atoms with Crippen LogP contribution in [0, 0.1) is 86.8 Å². The average Bonchev–Trinajstić information content (AvgIpc) is 2.22. The summed E-state index contributed by atoms with van der Waals surface area (Å²) in [5.74, 6) is 2.39.